The average molecular weight is 275 g/mol. The molecule has 1 rings (SSSR count). The van der Waals surface area contributed by atoms with Crippen molar-refractivity contribution in [3.8, 4) is 0 Å². The predicted molar refractivity (Wildman–Crippen MR) is 77.8 cm³/mol. The number of hydrogen-bond donors (Lipinski definition) is 1. The average Bonchev–Trinajstić information content (AvgIpc) is 2.53. The lowest BCUT2D eigenvalue weighted by molar-refractivity contribution is -0.127. The van der Waals surface area contributed by atoms with E-state index < -0.39 is 11.8 Å². The van der Waals surface area contributed by atoms with Gasteiger partial charge in [-0.05, 0) is 39.7 Å². The first-order valence-corrected chi connectivity index (χ1v) is 6.80. The summed E-state index contributed by atoms with van der Waals surface area (Å²) in [5, 5.41) is 7.52. The highest BCUT2D eigenvalue weighted by Gasteiger charge is 2.33. The van der Waals surface area contributed by atoms with E-state index in [0.717, 1.165) is 5.57 Å². The van der Waals surface area contributed by atoms with Crippen molar-refractivity contribution in [2.45, 2.75) is 40.0 Å². The van der Waals surface area contributed by atoms with Gasteiger partial charge in [0.2, 0.25) is 0 Å². The lowest BCUT2D eigenvalue weighted by Gasteiger charge is -2.22. The van der Waals surface area contributed by atoms with Gasteiger partial charge in [-0.2, -0.15) is 0 Å². The zero-order chi connectivity index (χ0) is 15.3. The molecule has 1 N–H and O–H groups in total. The second kappa shape index (κ2) is 7.08. The van der Waals surface area contributed by atoms with Gasteiger partial charge in [-0.25, -0.2) is 0 Å². The normalized spacial score (nSPS) is 20.1. The minimum atomic E-state index is -0.573. The van der Waals surface area contributed by atoms with Crippen molar-refractivity contribution < 1.29 is 14.4 Å². The van der Waals surface area contributed by atoms with Crippen LogP contribution in [-0.4, -0.2) is 23.1 Å². The first-order valence-electron chi connectivity index (χ1n) is 6.80. The maximum Gasteiger partial charge on any atom is 0.179 e. The van der Waals surface area contributed by atoms with Crippen LogP contribution < -0.4 is 0 Å². The Morgan fingerprint density at radius 3 is 2.55 bits per heavy atom. The van der Waals surface area contributed by atoms with E-state index in [9.17, 15) is 14.4 Å². The Labute approximate surface area is 119 Å². The molecule has 4 nitrogen and oxygen atoms in total. The summed E-state index contributed by atoms with van der Waals surface area (Å²) in [7, 11) is 0. The molecule has 2 atom stereocenters. The van der Waals surface area contributed by atoms with Gasteiger partial charge >= 0.3 is 0 Å². The molecule has 4 heteroatoms. The van der Waals surface area contributed by atoms with Gasteiger partial charge in [-0.1, -0.05) is 17.7 Å². The molecule has 108 valence electrons. The number of ketones is 3. The van der Waals surface area contributed by atoms with Gasteiger partial charge in [-0.15, -0.1) is 0 Å². The molecular weight excluding hydrogens is 254 g/mol. The minimum Gasteiger partial charge on any atom is -0.302 e. The molecule has 0 heterocycles. The molecule has 0 aromatic heterocycles. The predicted octanol–water partition coefficient (Wildman–Crippen LogP) is 2.67. The van der Waals surface area contributed by atoms with E-state index in [2.05, 4.69) is 0 Å². The number of nitrogens with one attached hydrogen (secondary N) is 1. The van der Waals surface area contributed by atoms with Crippen LogP contribution in [0, 0.1) is 17.2 Å². The maximum atomic E-state index is 12.2. The summed E-state index contributed by atoms with van der Waals surface area (Å²) in [4.78, 5) is 35.5. The Morgan fingerprint density at radius 1 is 1.35 bits per heavy atom. The molecule has 0 radical (unpaired) electrons. The molecule has 0 aliphatic heterocycles. The fourth-order valence-electron chi connectivity index (χ4n) is 2.35. The largest absolute Gasteiger partial charge is 0.302 e. The SMILES string of the molecule is CC(=N)C(=O)C(CCC(C)=O)C1CC=C(C)C=CC1=O. The Morgan fingerprint density at radius 2 is 2.00 bits per heavy atom. The van der Waals surface area contributed by atoms with E-state index in [1.807, 2.05) is 13.0 Å². The summed E-state index contributed by atoms with van der Waals surface area (Å²) in [5.74, 6) is -1.47. The van der Waals surface area contributed by atoms with Gasteiger partial charge in [0.05, 0.1) is 5.71 Å². The standard InChI is InChI=1S/C16H21NO3/c1-10-4-7-13(15(19)9-5-10)14(8-6-11(2)18)16(20)12(3)17/h4-5,9,13-14,17H,6-8H2,1-3H3. The molecule has 0 spiro atoms. The number of hydrogen-bond acceptors (Lipinski definition) is 4. The molecule has 0 amide bonds. The summed E-state index contributed by atoms with van der Waals surface area (Å²) in [5.41, 5.74) is 0.936. The molecule has 0 fully saturated rings. The quantitative estimate of drug-likeness (QED) is 0.757. The van der Waals surface area contributed by atoms with Crippen LogP contribution in [0.4, 0.5) is 0 Å². The van der Waals surface area contributed by atoms with Crippen molar-refractivity contribution in [1.29, 1.82) is 5.41 Å². The van der Waals surface area contributed by atoms with Crippen molar-refractivity contribution in [1.82, 2.24) is 0 Å². The first kappa shape index (κ1) is 16.2. The van der Waals surface area contributed by atoms with Gasteiger partial charge < -0.3 is 10.2 Å². The van der Waals surface area contributed by atoms with Crippen LogP contribution >= 0.6 is 0 Å². The second-order valence-electron chi connectivity index (χ2n) is 5.36. The Kier molecular flexibility index (Phi) is 5.74. The van der Waals surface area contributed by atoms with E-state index in [1.165, 1.54) is 19.9 Å². The van der Waals surface area contributed by atoms with Gasteiger partial charge in [0, 0.05) is 18.3 Å². The van der Waals surface area contributed by atoms with Crippen molar-refractivity contribution in [3.63, 3.8) is 0 Å². The number of rotatable bonds is 6. The summed E-state index contributed by atoms with van der Waals surface area (Å²) in [6, 6.07) is 0. The molecule has 0 aromatic carbocycles. The zero-order valence-corrected chi connectivity index (χ0v) is 12.2. The fraction of sp³-hybridized carbons (Fsp3) is 0.500. The van der Waals surface area contributed by atoms with Crippen molar-refractivity contribution >= 4 is 23.1 Å². The molecule has 20 heavy (non-hydrogen) atoms. The summed E-state index contributed by atoms with van der Waals surface area (Å²) in [6.45, 7) is 4.80. The van der Waals surface area contributed by atoms with Crippen LogP contribution in [0.3, 0.4) is 0 Å². The molecule has 1 aliphatic carbocycles. The van der Waals surface area contributed by atoms with Crippen molar-refractivity contribution in [2.24, 2.45) is 11.8 Å². The number of allylic oxidation sites excluding steroid dienone is 4. The molecule has 0 saturated heterocycles. The Hall–Kier alpha value is -1.84. The lowest BCUT2D eigenvalue weighted by atomic mass is 9.79. The van der Waals surface area contributed by atoms with Crippen LogP contribution in [-0.2, 0) is 14.4 Å². The lowest BCUT2D eigenvalue weighted by Crippen LogP contribution is -2.32. The third kappa shape index (κ3) is 4.37. The molecule has 2 unspecified atom stereocenters. The van der Waals surface area contributed by atoms with Crippen LogP contribution in [0.5, 0.6) is 0 Å². The number of carbonyl (C=O) groups excluding carboxylic acids is 3. The van der Waals surface area contributed by atoms with Gasteiger partial charge in [0.25, 0.3) is 0 Å². The van der Waals surface area contributed by atoms with E-state index in [-0.39, 0.29) is 29.5 Å². The zero-order valence-electron chi connectivity index (χ0n) is 12.2. The molecule has 0 bridgehead atoms. The number of carbonyl (C=O) groups is 3. The monoisotopic (exact) mass is 275 g/mol. The number of Topliss-reactive ketones (excluding diaryl/α,β-unsaturated/α-hetero) is 2. The van der Waals surface area contributed by atoms with Gasteiger partial charge in [0.1, 0.15) is 5.78 Å². The fourth-order valence-corrected chi connectivity index (χ4v) is 2.35. The maximum absolute atomic E-state index is 12.2. The third-order valence-corrected chi connectivity index (χ3v) is 3.57. The summed E-state index contributed by atoms with van der Waals surface area (Å²) < 4.78 is 0. The van der Waals surface area contributed by atoms with E-state index in [4.69, 9.17) is 5.41 Å². The van der Waals surface area contributed by atoms with Crippen LogP contribution in [0.2, 0.25) is 0 Å². The van der Waals surface area contributed by atoms with Crippen molar-refractivity contribution in [3.05, 3.63) is 23.8 Å². The molecular formula is C16H21NO3. The third-order valence-electron chi connectivity index (χ3n) is 3.57. The van der Waals surface area contributed by atoms with Gasteiger partial charge in [-0.3, -0.25) is 9.59 Å². The molecule has 1 aliphatic rings. The highest BCUT2D eigenvalue weighted by atomic mass is 16.1. The molecule has 0 aromatic rings. The smallest absolute Gasteiger partial charge is 0.179 e. The van der Waals surface area contributed by atoms with Crippen LogP contribution in [0.15, 0.2) is 23.8 Å². The topological polar surface area (TPSA) is 75.1 Å². The van der Waals surface area contributed by atoms with Gasteiger partial charge in [0.15, 0.2) is 11.6 Å². The van der Waals surface area contributed by atoms with E-state index in [0.29, 0.717) is 12.8 Å². The second-order valence-corrected chi connectivity index (χ2v) is 5.36. The van der Waals surface area contributed by atoms with Crippen LogP contribution in [0.1, 0.15) is 40.0 Å². The highest BCUT2D eigenvalue weighted by molar-refractivity contribution is 6.38. The highest BCUT2D eigenvalue weighted by Crippen LogP contribution is 2.27. The Balaban J connectivity index is 2.99. The van der Waals surface area contributed by atoms with Crippen LogP contribution in [0.25, 0.3) is 0 Å². The summed E-state index contributed by atoms with van der Waals surface area (Å²) in [6.07, 6.45) is 6.25. The van der Waals surface area contributed by atoms with Crippen molar-refractivity contribution in [2.75, 3.05) is 0 Å². The Bertz CT molecular complexity index is 500. The first-order chi connectivity index (χ1) is 9.32. The minimum absolute atomic E-state index is 0.00577. The molecule has 0 saturated carbocycles. The van der Waals surface area contributed by atoms with E-state index >= 15 is 0 Å². The van der Waals surface area contributed by atoms with E-state index in [1.54, 1.807) is 6.08 Å². The summed E-state index contributed by atoms with van der Waals surface area (Å²) >= 11 is 0.